The lowest BCUT2D eigenvalue weighted by atomic mass is 10.1. The Morgan fingerprint density at radius 1 is 1.53 bits per heavy atom. The van der Waals surface area contributed by atoms with Gasteiger partial charge in [0.2, 0.25) is 0 Å². The quantitative estimate of drug-likeness (QED) is 0.801. The highest BCUT2D eigenvalue weighted by atomic mass is 16.3. The van der Waals surface area contributed by atoms with E-state index in [1.165, 1.54) is 0 Å². The van der Waals surface area contributed by atoms with Crippen molar-refractivity contribution in [2.75, 3.05) is 0 Å². The van der Waals surface area contributed by atoms with E-state index < -0.39 is 0 Å². The number of ketones is 1. The molecule has 0 aromatic carbocycles. The van der Waals surface area contributed by atoms with Crippen LogP contribution in [0.1, 0.15) is 37.0 Å². The fourth-order valence-electron chi connectivity index (χ4n) is 2.18. The van der Waals surface area contributed by atoms with Crippen LogP contribution >= 0.6 is 0 Å². The molecule has 0 aliphatic carbocycles. The number of aliphatic hydroxyl groups is 1. The first kappa shape index (κ1) is 10.4. The van der Waals surface area contributed by atoms with Crippen molar-refractivity contribution in [2.24, 2.45) is 0 Å². The van der Waals surface area contributed by atoms with Gasteiger partial charge in [0.1, 0.15) is 11.6 Å². The summed E-state index contributed by atoms with van der Waals surface area (Å²) in [4.78, 5) is 15.4. The molecule has 0 saturated carbocycles. The number of imidazole rings is 1. The predicted molar refractivity (Wildman–Crippen MR) is 55.5 cm³/mol. The van der Waals surface area contributed by atoms with E-state index in [-0.39, 0.29) is 12.4 Å². The molecule has 0 bridgehead atoms. The first-order valence-electron chi connectivity index (χ1n) is 5.40. The fourth-order valence-corrected chi connectivity index (χ4v) is 2.18. The van der Waals surface area contributed by atoms with Gasteiger partial charge in [0.25, 0.3) is 0 Å². The number of aliphatic hydroxyl groups excluding tert-OH is 1. The molecule has 1 aliphatic heterocycles. The van der Waals surface area contributed by atoms with E-state index in [2.05, 4.69) is 9.55 Å². The summed E-state index contributed by atoms with van der Waals surface area (Å²) in [7, 11) is 0. The summed E-state index contributed by atoms with van der Waals surface area (Å²) in [5, 5.41) is 9.18. The van der Waals surface area contributed by atoms with Gasteiger partial charge in [-0.15, -0.1) is 0 Å². The van der Waals surface area contributed by atoms with Gasteiger partial charge in [-0.25, -0.2) is 4.98 Å². The predicted octanol–water partition coefficient (Wildman–Crippen LogP) is 0.843. The SMILES string of the molecule is CC(=O)Cc1nc(CO)c2n1CCCC2. The van der Waals surface area contributed by atoms with Crippen LogP contribution in [0.25, 0.3) is 0 Å². The summed E-state index contributed by atoms with van der Waals surface area (Å²) in [6.07, 6.45) is 3.64. The summed E-state index contributed by atoms with van der Waals surface area (Å²) < 4.78 is 2.11. The molecule has 1 N–H and O–H groups in total. The Hall–Kier alpha value is -1.16. The molecule has 4 heteroatoms. The monoisotopic (exact) mass is 208 g/mol. The third-order valence-corrected chi connectivity index (χ3v) is 2.84. The van der Waals surface area contributed by atoms with Crippen LogP contribution in [0.2, 0.25) is 0 Å². The van der Waals surface area contributed by atoms with Gasteiger partial charge < -0.3 is 9.67 Å². The zero-order valence-corrected chi connectivity index (χ0v) is 8.99. The van der Waals surface area contributed by atoms with E-state index in [0.29, 0.717) is 6.42 Å². The molecule has 2 rings (SSSR count). The maximum atomic E-state index is 11.1. The lowest BCUT2D eigenvalue weighted by molar-refractivity contribution is -0.116. The number of rotatable bonds is 3. The van der Waals surface area contributed by atoms with Crippen molar-refractivity contribution in [3.05, 3.63) is 17.2 Å². The summed E-state index contributed by atoms with van der Waals surface area (Å²) >= 11 is 0. The highest BCUT2D eigenvalue weighted by molar-refractivity contribution is 5.77. The fraction of sp³-hybridized carbons (Fsp3) is 0.636. The lowest BCUT2D eigenvalue weighted by Gasteiger charge is -2.16. The van der Waals surface area contributed by atoms with Crippen molar-refractivity contribution in [3.8, 4) is 0 Å². The first-order valence-corrected chi connectivity index (χ1v) is 5.40. The number of aromatic nitrogens is 2. The van der Waals surface area contributed by atoms with Crippen molar-refractivity contribution in [3.63, 3.8) is 0 Å². The Morgan fingerprint density at radius 3 is 3.00 bits per heavy atom. The third-order valence-electron chi connectivity index (χ3n) is 2.84. The highest BCUT2D eigenvalue weighted by Crippen LogP contribution is 2.21. The molecule has 1 aromatic rings. The summed E-state index contributed by atoms with van der Waals surface area (Å²) in [6.45, 7) is 2.49. The Morgan fingerprint density at radius 2 is 2.33 bits per heavy atom. The van der Waals surface area contributed by atoms with Gasteiger partial charge in [-0.3, -0.25) is 4.79 Å². The summed E-state index contributed by atoms with van der Waals surface area (Å²) in [5.41, 5.74) is 1.88. The van der Waals surface area contributed by atoms with E-state index in [4.69, 9.17) is 0 Å². The molecule has 0 fully saturated rings. The maximum Gasteiger partial charge on any atom is 0.137 e. The Balaban J connectivity index is 2.37. The van der Waals surface area contributed by atoms with Crippen LogP contribution in [0.4, 0.5) is 0 Å². The molecule has 1 aromatic heterocycles. The standard InChI is InChI=1S/C11H16N2O2/c1-8(15)6-11-12-9(7-14)10-4-2-3-5-13(10)11/h14H,2-7H2,1H3. The number of carbonyl (C=O) groups is 1. The number of hydrogen-bond acceptors (Lipinski definition) is 3. The van der Waals surface area contributed by atoms with Gasteiger partial charge in [0, 0.05) is 12.2 Å². The van der Waals surface area contributed by atoms with Crippen LogP contribution in [-0.4, -0.2) is 20.4 Å². The average molecular weight is 208 g/mol. The van der Waals surface area contributed by atoms with Crippen molar-refractivity contribution in [2.45, 2.75) is 45.8 Å². The second kappa shape index (κ2) is 4.14. The summed E-state index contributed by atoms with van der Waals surface area (Å²) in [6, 6.07) is 0. The molecule has 15 heavy (non-hydrogen) atoms. The van der Waals surface area contributed by atoms with Gasteiger partial charge in [0.05, 0.1) is 18.7 Å². The molecule has 0 atom stereocenters. The average Bonchev–Trinajstić information content (AvgIpc) is 2.56. The second-order valence-electron chi connectivity index (χ2n) is 4.07. The third kappa shape index (κ3) is 1.95. The van der Waals surface area contributed by atoms with E-state index in [0.717, 1.165) is 43.0 Å². The van der Waals surface area contributed by atoms with E-state index in [1.54, 1.807) is 6.92 Å². The zero-order chi connectivity index (χ0) is 10.8. The Kier molecular flexibility index (Phi) is 2.86. The molecular weight excluding hydrogens is 192 g/mol. The van der Waals surface area contributed by atoms with Gasteiger partial charge >= 0.3 is 0 Å². The molecule has 1 aliphatic rings. The molecule has 2 heterocycles. The minimum atomic E-state index is -0.0206. The van der Waals surface area contributed by atoms with E-state index in [9.17, 15) is 9.90 Å². The van der Waals surface area contributed by atoms with Crippen LogP contribution in [0.15, 0.2) is 0 Å². The van der Waals surface area contributed by atoms with E-state index in [1.807, 2.05) is 0 Å². The molecular formula is C11H16N2O2. The second-order valence-corrected chi connectivity index (χ2v) is 4.07. The maximum absolute atomic E-state index is 11.1. The van der Waals surface area contributed by atoms with Gasteiger partial charge in [-0.1, -0.05) is 0 Å². The van der Waals surface area contributed by atoms with Gasteiger partial charge in [-0.2, -0.15) is 0 Å². The Bertz CT molecular complexity index is 382. The largest absolute Gasteiger partial charge is 0.390 e. The molecule has 0 amide bonds. The van der Waals surface area contributed by atoms with Crippen LogP contribution in [0.5, 0.6) is 0 Å². The number of Topliss-reactive ketones (excluding diaryl/α,β-unsaturated/α-hetero) is 1. The van der Waals surface area contributed by atoms with Crippen molar-refractivity contribution < 1.29 is 9.90 Å². The lowest BCUT2D eigenvalue weighted by Crippen LogP contribution is -2.15. The Labute approximate surface area is 88.9 Å². The number of hydrogen-bond donors (Lipinski definition) is 1. The molecule has 4 nitrogen and oxygen atoms in total. The van der Waals surface area contributed by atoms with Gasteiger partial charge in [-0.05, 0) is 26.2 Å². The normalized spacial score (nSPS) is 15.1. The molecule has 0 radical (unpaired) electrons. The minimum Gasteiger partial charge on any atom is -0.390 e. The molecule has 82 valence electrons. The number of carbonyl (C=O) groups excluding carboxylic acids is 1. The zero-order valence-electron chi connectivity index (χ0n) is 8.99. The van der Waals surface area contributed by atoms with Crippen LogP contribution < -0.4 is 0 Å². The van der Waals surface area contributed by atoms with Gasteiger partial charge in [0.15, 0.2) is 0 Å². The van der Waals surface area contributed by atoms with Crippen molar-refractivity contribution in [1.29, 1.82) is 0 Å². The summed E-state index contributed by atoms with van der Waals surface area (Å²) in [5.74, 6) is 0.944. The van der Waals surface area contributed by atoms with Crippen molar-refractivity contribution >= 4 is 5.78 Å². The number of fused-ring (bicyclic) bond motifs is 1. The van der Waals surface area contributed by atoms with Crippen LogP contribution in [0.3, 0.4) is 0 Å². The highest BCUT2D eigenvalue weighted by Gasteiger charge is 2.19. The number of nitrogens with zero attached hydrogens (tertiary/aromatic N) is 2. The first-order chi connectivity index (χ1) is 7.22. The molecule has 0 spiro atoms. The smallest absolute Gasteiger partial charge is 0.137 e. The van der Waals surface area contributed by atoms with Crippen LogP contribution in [0, 0.1) is 0 Å². The van der Waals surface area contributed by atoms with Crippen molar-refractivity contribution in [1.82, 2.24) is 9.55 Å². The minimum absolute atomic E-state index is 0.0206. The van der Waals surface area contributed by atoms with Crippen LogP contribution in [-0.2, 0) is 30.8 Å². The molecule has 0 saturated heterocycles. The topological polar surface area (TPSA) is 55.1 Å². The van der Waals surface area contributed by atoms with E-state index >= 15 is 0 Å². The molecule has 0 unspecified atom stereocenters.